The van der Waals surface area contributed by atoms with Crippen LogP contribution in [0.15, 0.2) is 72.8 Å². The van der Waals surface area contributed by atoms with Gasteiger partial charge in [-0.25, -0.2) is 8.78 Å². The molecule has 0 heterocycles. The Morgan fingerprint density at radius 1 is 0.462 bits per heavy atom. The van der Waals surface area contributed by atoms with Crippen LogP contribution in [0.1, 0.15) is 36.6 Å². The Hall–Kier alpha value is -3.47. The molecule has 3 rings (SSSR count). The predicted molar refractivity (Wildman–Crippen MR) is 91.3 cm³/mol. The topological polar surface area (TPSA) is 51.2 Å². The maximum Gasteiger partial charge on any atom is 0.233 e. The lowest BCUT2D eigenvalue weighted by Crippen LogP contribution is -2.14. The Bertz CT molecular complexity index is 973. The van der Waals surface area contributed by atoms with Crippen molar-refractivity contribution in [1.82, 2.24) is 0 Å². The van der Waals surface area contributed by atoms with Crippen LogP contribution in [0.25, 0.3) is 0 Å². The maximum atomic E-state index is 12.9. The Balaban J connectivity index is 1.79. The fourth-order valence-electron chi connectivity index (χ4n) is 2.40. The lowest BCUT2D eigenvalue weighted by Gasteiger charge is -2.04. The molecular weight excluding hydrogens is 338 g/mol. The van der Waals surface area contributed by atoms with Gasteiger partial charge in [-0.05, 0) is 48.5 Å². The number of Topliss-reactive ketones (excluding diaryl/α,β-unsaturated/α-hetero) is 2. The molecule has 0 bridgehead atoms. The van der Waals surface area contributed by atoms with E-state index in [2.05, 4.69) is 0 Å². The van der Waals surface area contributed by atoms with Gasteiger partial charge in [0.15, 0.2) is 5.78 Å². The summed E-state index contributed by atoms with van der Waals surface area (Å²) in [4.78, 5) is 36.7. The highest BCUT2D eigenvalue weighted by atomic mass is 19.1. The van der Waals surface area contributed by atoms with Gasteiger partial charge in [0, 0.05) is 22.3 Å². The molecule has 0 aromatic heterocycles. The van der Waals surface area contributed by atoms with Crippen molar-refractivity contribution in [1.29, 1.82) is 0 Å². The van der Waals surface area contributed by atoms with Crippen LogP contribution in [-0.2, 0) is 0 Å². The first-order chi connectivity index (χ1) is 12.5. The lowest BCUT2D eigenvalue weighted by molar-refractivity contribution is 0.0817. The average molecular weight is 350 g/mol. The standard InChI is InChI=1S/C21H12F2O3/c22-17-9-5-14(6-10-17)19(24)13-1-3-15(4-2-13)20(25)21(26)16-7-11-18(23)12-8-16/h1-12H. The normalized spacial score (nSPS) is 10.4. The third-order valence-electron chi connectivity index (χ3n) is 3.83. The molecule has 3 nitrogen and oxygen atoms in total. The van der Waals surface area contributed by atoms with Crippen molar-refractivity contribution >= 4 is 17.3 Å². The van der Waals surface area contributed by atoms with Crippen molar-refractivity contribution in [2.45, 2.75) is 0 Å². The Labute approximate surface area is 147 Å². The molecule has 0 atom stereocenters. The SMILES string of the molecule is O=C(C(=O)c1ccc(C(=O)c2ccc(F)cc2)cc1)c1ccc(F)cc1. The Morgan fingerprint density at radius 3 is 1.12 bits per heavy atom. The van der Waals surface area contributed by atoms with Crippen LogP contribution in [0.2, 0.25) is 0 Å². The molecular formula is C21H12F2O3. The van der Waals surface area contributed by atoms with E-state index in [1.165, 1.54) is 60.7 Å². The van der Waals surface area contributed by atoms with Gasteiger partial charge in [-0.1, -0.05) is 24.3 Å². The monoisotopic (exact) mass is 350 g/mol. The molecule has 0 aliphatic heterocycles. The van der Waals surface area contributed by atoms with E-state index in [9.17, 15) is 23.2 Å². The van der Waals surface area contributed by atoms with Crippen LogP contribution in [0, 0.1) is 11.6 Å². The van der Waals surface area contributed by atoms with Crippen LogP contribution in [0.5, 0.6) is 0 Å². The number of rotatable bonds is 5. The molecule has 0 radical (unpaired) electrons. The summed E-state index contributed by atoms with van der Waals surface area (Å²) in [6, 6.07) is 15.4. The number of ketones is 3. The Morgan fingerprint density at radius 2 is 0.731 bits per heavy atom. The molecule has 0 saturated carbocycles. The zero-order valence-corrected chi connectivity index (χ0v) is 13.4. The summed E-state index contributed by atoms with van der Waals surface area (Å²) in [7, 11) is 0. The van der Waals surface area contributed by atoms with E-state index in [4.69, 9.17) is 0 Å². The summed E-state index contributed by atoms with van der Waals surface area (Å²) in [5.74, 6) is -2.78. The van der Waals surface area contributed by atoms with Gasteiger partial charge in [-0.15, -0.1) is 0 Å². The van der Waals surface area contributed by atoms with Crippen molar-refractivity contribution in [3.8, 4) is 0 Å². The minimum atomic E-state index is -0.761. The molecule has 0 fully saturated rings. The average Bonchev–Trinajstić information content (AvgIpc) is 2.67. The minimum absolute atomic E-state index is 0.0860. The third-order valence-corrected chi connectivity index (χ3v) is 3.83. The van der Waals surface area contributed by atoms with Crippen molar-refractivity contribution in [3.63, 3.8) is 0 Å². The molecule has 0 spiro atoms. The van der Waals surface area contributed by atoms with E-state index < -0.39 is 23.2 Å². The van der Waals surface area contributed by atoms with E-state index >= 15 is 0 Å². The van der Waals surface area contributed by atoms with Gasteiger partial charge in [0.1, 0.15) is 11.6 Å². The molecule has 0 aliphatic rings. The summed E-state index contributed by atoms with van der Waals surface area (Å²) in [5, 5.41) is 0. The Kier molecular flexibility index (Phi) is 4.80. The molecule has 3 aromatic carbocycles. The third kappa shape index (κ3) is 3.62. The molecule has 26 heavy (non-hydrogen) atoms. The zero-order chi connectivity index (χ0) is 18.7. The van der Waals surface area contributed by atoms with Gasteiger partial charge >= 0.3 is 0 Å². The second kappa shape index (κ2) is 7.19. The highest BCUT2D eigenvalue weighted by Gasteiger charge is 2.19. The largest absolute Gasteiger partial charge is 0.289 e. The molecule has 0 N–H and O–H groups in total. The van der Waals surface area contributed by atoms with Gasteiger partial charge in [-0.2, -0.15) is 0 Å². The fourth-order valence-corrected chi connectivity index (χ4v) is 2.40. The van der Waals surface area contributed by atoms with Gasteiger partial charge in [0.05, 0.1) is 0 Å². The van der Waals surface area contributed by atoms with Crippen LogP contribution in [0.4, 0.5) is 8.78 Å². The maximum absolute atomic E-state index is 12.9. The first-order valence-electron chi connectivity index (χ1n) is 7.70. The number of carbonyl (C=O) groups excluding carboxylic acids is 3. The zero-order valence-electron chi connectivity index (χ0n) is 13.4. The van der Waals surface area contributed by atoms with Crippen molar-refractivity contribution in [2.24, 2.45) is 0 Å². The quantitative estimate of drug-likeness (QED) is 0.510. The number of hydrogen-bond acceptors (Lipinski definition) is 3. The highest BCUT2D eigenvalue weighted by Crippen LogP contribution is 2.14. The van der Waals surface area contributed by atoms with Crippen LogP contribution in [0.3, 0.4) is 0 Å². The molecule has 0 saturated heterocycles. The molecule has 3 aromatic rings. The van der Waals surface area contributed by atoms with Crippen LogP contribution < -0.4 is 0 Å². The summed E-state index contributed by atoms with van der Waals surface area (Å²) in [6.07, 6.45) is 0. The minimum Gasteiger partial charge on any atom is -0.289 e. The molecule has 0 unspecified atom stereocenters. The van der Waals surface area contributed by atoms with Crippen molar-refractivity contribution in [2.75, 3.05) is 0 Å². The van der Waals surface area contributed by atoms with E-state index in [0.29, 0.717) is 11.1 Å². The summed E-state index contributed by atoms with van der Waals surface area (Å²) in [6.45, 7) is 0. The predicted octanol–water partition coefficient (Wildman–Crippen LogP) is 4.26. The first kappa shape index (κ1) is 17.4. The molecule has 0 aliphatic carbocycles. The number of halogens is 2. The van der Waals surface area contributed by atoms with E-state index in [-0.39, 0.29) is 16.9 Å². The molecule has 5 heteroatoms. The second-order valence-corrected chi connectivity index (χ2v) is 5.58. The van der Waals surface area contributed by atoms with Crippen LogP contribution >= 0.6 is 0 Å². The van der Waals surface area contributed by atoms with E-state index in [1.807, 2.05) is 0 Å². The van der Waals surface area contributed by atoms with E-state index in [1.54, 1.807) is 0 Å². The number of hydrogen-bond donors (Lipinski definition) is 0. The van der Waals surface area contributed by atoms with E-state index in [0.717, 1.165) is 12.1 Å². The van der Waals surface area contributed by atoms with Gasteiger partial charge in [0.2, 0.25) is 11.6 Å². The van der Waals surface area contributed by atoms with Gasteiger partial charge < -0.3 is 0 Å². The number of benzene rings is 3. The molecule has 0 amide bonds. The summed E-state index contributed by atoms with van der Waals surface area (Å²) in [5.41, 5.74) is 0.827. The summed E-state index contributed by atoms with van der Waals surface area (Å²) < 4.78 is 25.8. The van der Waals surface area contributed by atoms with Gasteiger partial charge in [0.25, 0.3) is 0 Å². The van der Waals surface area contributed by atoms with Crippen molar-refractivity contribution in [3.05, 3.63) is 107 Å². The summed E-state index contributed by atoms with van der Waals surface area (Å²) >= 11 is 0. The smallest absolute Gasteiger partial charge is 0.233 e. The fraction of sp³-hybridized carbons (Fsp3) is 0. The first-order valence-corrected chi connectivity index (χ1v) is 7.70. The molecule has 128 valence electrons. The van der Waals surface area contributed by atoms with Gasteiger partial charge in [-0.3, -0.25) is 14.4 Å². The lowest BCUT2D eigenvalue weighted by atomic mass is 9.98. The second-order valence-electron chi connectivity index (χ2n) is 5.58. The van der Waals surface area contributed by atoms with Crippen molar-refractivity contribution < 1.29 is 23.2 Å². The number of carbonyl (C=O) groups is 3. The van der Waals surface area contributed by atoms with Crippen LogP contribution in [-0.4, -0.2) is 17.3 Å². The highest BCUT2D eigenvalue weighted by molar-refractivity contribution is 6.49.